The first kappa shape index (κ1) is 12.4. The van der Waals surface area contributed by atoms with E-state index < -0.39 is 23.3 Å². The van der Waals surface area contributed by atoms with Gasteiger partial charge in [0, 0.05) is 18.2 Å². The van der Waals surface area contributed by atoms with Crippen molar-refractivity contribution in [2.45, 2.75) is 19.1 Å². The maximum Gasteiger partial charge on any atom is 0.359 e. The molecule has 1 unspecified atom stereocenters. The molecule has 1 aliphatic heterocycles. The van der Waals surface area contributed by atoms with Crippen LogP contribution in [0.3, 0.4) is 0 Å². The molecule has 2 N–H and O–H groups in total. The first-order valence-corrected chi connectivity index (χ1v) is 5.10. The molecule has 1 aliphatic rings. The third-order valence-electron chi connectivity index (χ3n) is 2.60. The third kappa shape index (κ3) is 1.82. The molecule has 2 rings (SSSR count). The number of rotatable bonds is 2. The molecule has 0 aliphatic carbocycles. The molecule has 0 spiro atoms. The molecule has 18 heavy (non-hydrogen) atoms. The minimum absolute atomic E-state index is 0.251. The summed E-state index contributed by atoms with van der Waals surface area (Å²) in [6.07, 6.45) is -0.251. The quantitative estimate of drug-likeness (QED) is 0.837. The van der Waals surface area contributed by atoms with Crippen LogP contribution in [-0.4, -0.2) is 27.6 Å². The van der Waals surface area contributed by atoms with Gasteiger partial charge in [0.05, 0.1) is 5.69 Å². The fourth-order valence-corrected chi connectivity index (χ4v) is 1.79. The lowest BCUT2D eigenvalue weighted by Gasteiger charge is -2.28. The van der Waals surface area contributed by atoms with Crippen LogP contribution in [0.4, 0.5) is 14.5 Å². The van der Waals surface area contributed by atoms with Gasteiger partial charge in [-0.2, -0.15) is 5.10 Å². The van der Waals surface area contributed by atoms with E-state index in [4.69, 9.17) is 5.11 Å². The van der Waals surface area contributed by atoms with Crippen LogP contribution < -0.4 is 5.01 Å². The van der Waals surface area contributed by atoms with Crippen LogP contribution >= 0.6 is 0 Å². The second-order valence-corrected chi connectivity index (χ2v) is 4.04. The monoisotopic (exact) mass is 256 g/mol. The van der Waals surface area contributed by atoms with Crippen LogP contribution in [0.25, 0.3) is 0 Å². The minimum Gasteiger partial charge on any atom is -0.478 e. The van der Waals surface area contributed by atoms with Gasteiger partial charge in [-0.1, -0.05) is 0 Å². The Labute approximate surface area is 101 Å². The van der Waals surface area contributed by atoms with Crippen LogP contribution in [0.2, 0.25) is 0 Å². The number of aliphatic carboxylic acids is 1. The Balaban J connectivity index is 2.51. The Kier molecular flexibility index (Phi) is 2.78. The Morgan fingerprint density at radius 3 is 2.72 bits per heavy atom. The van der Waals surface area contributed by atoms with Crippen molar-refractivity contribution in [1.29, 1.82) is 0 Å². The van der Waals surface area contributed by atoms with Gasteiger partial charge in [-0.25, -0.2) is 18.6 Å². The molecule has 7 heteroatoms. The molecule has 0 radical (unpaired) electrons. The SMILES string of the molecule is CC1=NN(c2ccc(F)cc2F)C(O)(C(=O)O)C1. The van der Waals surface area contributed by atoms with Crippen molar-refractivity contribution in [3.63, 3.8) is 0 Å². The number of hydrogen-bond acceptors (Lipinski definition) is 4. The fraction of sp³-hybridized carbons (Fsp3) is 0.273. The highest BCUT2D eigenvalue weighted by Crippen LogP contribution is 2.33. The van der Waals surface area contributed by atoms with Crippen LogP contribution in [0.1, 0.15) is 13.3 Å². The van der Waals surface area contributed by atoms with Gasteiger partial charge in [0.2, 0.25) is 0 Å². The van der Waals surface area contributed by atoms with Gasteiger partial charge in [0.25, 0.3) is 5.72 Å². The number of benzene rings is 1. The topological polar surface area (TPSA) is 73.1 Å². The molecule has 5 nitrogen and oxygen atoms in total. The highest BCUT2D eigenvalue weighted by atomic mass is 19.1. The van der Waals surface area contributed by atoms with E-state index in [0.29, 0.717) is 16.8 Å². The minimum atomic E-state index is -2.34. The number of carboxylic acid groups (broad SMARTS) is 1. The van der Waals surface area contributed by atoms with Gasteiger partial charge in [-0.3, -0.25) is 0 Å². The van der Waals surface area contributed by atoms with Gasteiger partial charge < -0.3 is 10.2 Å². The van der Waals surface area contributed by atoms with E-state index >= 15 is 0 Å². The Morgan fingerprint density at radius 1 is 1.50 bits per heavy atom. The number of hydrogen-bond donors (Lipinski definition) is 2. The summed E-state index contributed by atoms with van der Waals surface area (Å²) in [5.74, 6) is -3.34. The van der Waals surface area contributed by atoms with Gasteiger partial charge in [0.1, 0.15) is 5.82 Å². The van der Waals surface area contributed by atoms with Crippen LogP contribution in [0.5, 0.6) is 0 Å². The first-order valence-electron chi connectivity index (χ1n) is 5.10. The molecule has 1 heterocycles. The smallest absolute Gasteiger partial charge is 0.359 e. The van der Waals surface area contributed by atoms with Crippen molar-refractivity contribution in [2.75, 3.05) is 5.01 Å². The average molecular weight is 256 g/mol. The van der Waals surface area contributed by atoms with E-state index in [0.717, 1.165) is 12.1 Å². The largest absolute Gasteiger partial charge is 0.478 e. The van der Waals surface area contributed by atoms with Crippen molar-refractivity contribution in [3.8, 4) is 0 Å². The van der Waals surface area contributed by atoms with E-state index in [1.54, 1.807) is 0 Å². The summed E-state index contributed by atoms with van der Waals surface area (Å²) in [4.78, 5) is 11.1. The first-order chi connectivity index (χ1) is 8.34. The molecule has 96 valence electrons. The maximum absolute atomic E-state index is 13.6. The lowest BCUT2D eigenvalue weighted by molar-refractivity contribution is -0.157. The summed E-state index contributed by atoms with van der Waals surface area (Å²) in [6, 6.07) is 2.59. The number of nitrogens with zero attached hydrogens (tertiary/aromatic N) is 2. The Morgan fingerprint density at radius 2 is 2.17 bits per heavy atom. The Hall–Kier alpha value is -2.02. The highest BCUT2D eigenvalue weighted by molar-refractivity contribution is 5.96. The van der Waals surface area contributed by atoms with Gasteiger partial charge in [-0.15, -0.1) is 0 Å². The predicted molar refractivity (Wildman–Crippen MR) is 59.1 cm³/mol. The van der Waals surface area contributed by atoms with E-state index in [1.165, 1.54) is 6.92 Å². The van der Waals surface area contributed by atoms with Gasteiger partial charge in [0.15, 0.2) is 5.82 Å². The molecule has 0 fully saturated rings. The zero-order valence-electron chi connectivity index (χ0n) is 9.39. The van der Waals surface area contributed by atoms with Crippen LogP contribution in [0, 0.1) is 11.6 Å². The number of carbonyl (C=O) groups is 1. The number of anilines is 1. The zero-order valence-corrected chi connectivity index (χ0v) is 9.39. The molecular weight excluding hydrogens is 246 g/mol. The number of aliphatic hydroxyl groups is 1. The Bertz CT molecular complexity index is 547. The standard InChI is InChI=1S/C11H10F2N2O3/c1-6-5-11(18,10(16)17)15(14-6)9-3-2-7(12)4-8(9)13/h2-4,18H,5H2,1H3,(H,16,17). The summed E-state index contributed by atoms with van der Waals surface area (Å²) < 4.78 is 26.4. The maximum atomic E-state index is 13.6. The van der Waals surface area contributed by atoms with Gasteiger partial charge in [-0.05, 0) is 19.1 Å². The van der Waals surface area contributed by atoms with E-state index in [9.17, 15) is 18.7 Å². The molecular formula is C11H10F2N2O3. The summed E-state index contributed by atoms with van der Waals surface area (Å²) in [6.45, 7) is 1.51. The molecule has 0 amide bonds. The fourth-order valence-electron chi connectivity index (χ4n) is 1.79. The second kappa shape index (κ2) is 4.02. The molecule has 0 saturated carbocycles. The third-order valence-corrected chi connectivity index (χ3v) is 2.60. The number of halogens is 2. The van der Waals surface area contributed by atoms with Crippen molar-refractivity contribution >= 4 is 17.4 Å². The molecule has 1 aromatic rings. The lowest BCUT2D eigenvalue weighted by atomic mass is 10.1. The van der Waals surface area contributed by atoms with Crippen LogP contribution in [-0.2, 0) is 4.79 Å². The number of hydrazone groups is 1. The molecule has 1 aromatic carbocycles. The molecule has 0 aromatic heterocycles. The van der Waals surface area contributed by atoms with Crippen molar-refractivity contribution < 1.29 is 23.8 Å². The lowest BCUT2D eigenvalue weighted by Crippen LogP contribution is -2.50. The van der Waals surface area contributed by atoms with Crippen molar-refractivity contribution in [2.24, 2.45) is 5.10 Å². The average Bonchev–Trinajstić information content (AvgIpc) is 2.55. The number of carboxylic acids is 1. The second-order valence-electron chi connectivity index (χ2n) is 4.04. The highest BCUT2D eigenvalue weighted by Gasteiger charge is 2.48. The van der Waals surface area contributed by atoms with Crippen molar-refractivity contribution in [1.82, 2.24) is 0 Å². The summed E-state index contributed by atoms with van der Waals surface area (Å²) in [5, 5.41) is 23.4. The van der Waals surface area contributed by atoms with Gasteiger partial charge >= 0.3 is 5.97 Å². The molecule has 0 bridgehead atoms. The van der Waals surface area contributed by atoms with E-state index in [-0.39, 0.29) is 12.1 Å². The molecule has 0 saturated heterocycles. The zero-order chi connectivity index (χ0) is 13.5. The summed E-state index contributed by atoms with van der Waals surface area (Å²) in [7, 11) is 0. The van der Waals surface area contributed by atoms with Crippen LogP contribution in [0.15, 0.2) is 23.3 Å². The predicted octanol–water partition coefficient (Wildman–Crippen LogP) is 1.32. The summed E-state index contributed by atoms with van der Waals surface area (Å²) in [5.41, 5.74) is -2.30. The van der Waals surface area contributed by atoms with E-state index in [1.807, 2.05) is 0 Å². The normalized spacial score (nSPS) is 23.1. The molecule has 1 atom stereocenters. The van der Waals surface area contributed by atoms with Crippen molar-refractivity contribution in [3.05, 3.63) is 29.8 Å². The summed E-state index contributed by atoms with van der Waals surface area (Å²) >= 11 is 0. The van der Waals surface area contributed by atoms with E-state index in [2.05, 4.69) is 5.10 Å².